The molecule has 1 saturated heterocycles. The highest BCUT2D eigenvalue weighted by atomic mass is 16.5. The van der Waals surface area contributed by atoms with Crippen LogP contribution < -0.4 is 0 Å². The van der Waals surface area contributed by atoms with Crippen molar-refractivity contribution in [2.75, 3.05) is 19.7 Å². The standard InChI is InChI=1S/C14H18N2O4/c1-9(2)12-8-16(5-6-20-12)13(17)10-3-4-11(14(18)19)15-7-10/h3-4,7,9,12H,5-6,8H2,1-2H3,(H,18,19). The average molecular weight is 278 g/mol. The summed E-state index contributed by atoms with van der Waals surface area (Å²) in [5.74, 6) is -0.892. The van der Waals surface area contributed by atoms with Gasteiger partial charge in [-0.05, 0) is 18.1 Å². The zero-order valence-corrected chi connectivity index (χ0v) is 11.6. The number of pyridine rings is 1. The molecule has 0 aliphatic carbocycles. The largest absolute Gasteiger partial charge is 0.477 e. The van der Waals surface area contributed by atoms with Crippen LogP contribution in [0.15, 0.2) is 18.3 Å². The molecule has 0 bridgehead atoms. The first-order chi connectivity index (χ1) is 9.49. The van der Waals surface area contributed by atoms with Crippen LogP contribution in [-0.2, 0) is 4.74 Å². The zero-order valence-electron chi connectivity index (χ0n) is 11.6. The van der Waals surface area contributed by atoms with Crippen LogP contribution in [0.1, 0.15) is 34.7 Å². The summed E-state index contributed by atoms with van der Waals surface area (Å²) in [6, 6.07) is 2.84. The third-order valence-electron chi connectivity index (χ3n) is 3.35. The van der Waals surface area contributed by atoms with E-state index in [1.165, 1.54) is 18.3 Å². The van der Waals surface area contributed by atoms with E-state index in [-0.39, 0.29) is 17.7 Å². The number of hydrogen-bond donors (Lipinski definition) is 1. The third kappa shape index (κ3) is 3.14. The second kappa shape index (κ2) is 6.00. The lowest BCUT2D eigenvalue weighted by molar-refractivity contribution is -0.0420. The summed E-state index contributed by atoms with van der Waals surface area (Å²) in [4.78, 5) is 28.6. The van der Waals surface area contributed by atoms with Crippen molar-refractivity contribution >= 4 is 11.9 Å². The molecule has 0 saturated carbocycles. The molecule has 1 N–H and O–H groups in total. The minimum absolute atomic E-state index is 0.0407. The lowest BCUT2D eigenvalue weighted by Gasteiger charge is -2.34. The van der Waals surface area contributed by atoms with Gasteiger partial charge >= 0.3 is 5.97 Å². The molecule has 1 aliphatic heterocycles. The number of carboxylic acid groups (broad SMARTS) is 1. The first kappa shape index (κ1) is 14.5. The van der Waals surface area contributed by atoms with Crippen LogP contribution in [0.3, 0.4) is 0 Å². The van der Waals surface area contributed by atoms with Gasteiger partial charge in [-0.15, -0.1) is 0 Å². The molecule has 1 unspecified atom stereocenters. The summed E-state index contributed by atoms with van der Waals surface area (Å²) in [6.07, 6.45) is 1.35. The minimum atomic E-state index is -1.10. The molecule has 0 spiro atoms. The molecule has 1 atom stereocenters. The Labute approximate surface area is 117 Å². The minimum Gasteiger partial charge on any atom is -0.477 e. The number of aromatic carboxylic acids is 1. The molecular formula is C14H18N2O4. The molecule has 6 nitrogen and oxygen atoms in total. The smallest absolute Gasteiger partial charge is 0.354 e. The number of nitrogens with zero attached hydrogens (tertiary/aromatic N) is 2. The van der Waals surface area contributed by atoms with E-state index in [1.54, 1.807) is 4.90 Å². The third-order valence-corrected chi connectivity index (χ3v) is 3.35. The van der Waals surface area contributed by atoms with Gasteiger partial charge in [-0.1, -0.05) is 13.8 Å². The second-order valence-electron chi connectivity index (χ2n) is 5.14. The summed E-state index contributed by atoms with van der Waals surface area (Å²) in [5, 5.41) is 8.78. The number of carbonyl (C=O) groups excluding carboxylic acids is 1. The van der Waals surface area contributed by atoms with Crippen LogP contribution in [0.25, 0.3) is 0 Å². The Hall–Kier alpha value is -1.95. The number of morpholine rings is 1. The molecule has 1 aliphatic rings. The van der Waals surface area contributed by atoms with E-state index >= 15 is 0 Å². The molecule has 0 aromatic carbocycles. The van der Waals surface area contributed by atoms with Crippen molar-refractivity contribution in [3.05, 3.63) is 29.6 Å². The van der Waals surface area contributed by atoms with Crippen LogP contribution in [0.2, 0.25) is 0 Å². The van der Waals surface area contributed by atoms with Crippen LogP contribution in [0.5, 0.6) is 0 Å². The van der Waals surface area contributed by atoms with Gasteiger partial charge in [0.05, 0.1) is 18.3 Å². The fourth-order valence-electron chi connectivity index (χ4n) is 2.09. The van der Waals surface area contributed by atoms with Gasteiger partial charge < -0.3 is 14.7 Å². The summed E-state index contributed by atoms with van der Waals surface area (Å²) >= 11 is 0. The summed E-state index contributed by atoms with van der Waals surface area (Å²) in [7, 11) is 0. The van der Waals surface area contributed by atoms with E-state index in [2.05, 4.69) is 18.8 Å². The highest BCUT2D eigenvalue weighted by Gasteiger charge is 2.27. The summed E-state index contributed by atoms with van der Waals surface area (Å²) in [5.41, 5.74) is 0.336. The van der Waals surface area contributed by atoms with E-state index < -0.39 is 5.97 Å². The van der Waals surface area contributed by atoms with Gasteiger partial charge in [-0.25, -0.2) is 9.78 Å². The normalized spacial score (nSPS) is 19.1. The van der Waals surface area contributed by atoms with E-state index in [0.29, 0.717) is 31.2 Å². The Bertz CT molecular complexity index is 498. The highest BCUT2D eigenvalue weighted by molar-refractivity contribution is 5.95. The van der Waals surface area contributed by atoms with Crippen molar-refractivity contribution < 1.29 is 19.4 Å². The molecule has 1 aromatic heterocycles. The zero-order chi connectivity index (χ0) is 14.7. The molecule has 0 radical (unpaired) electrons. The summed E-state index contributed by atoms with van der Waals surface area (Å²) < 4.78 is 5.62. The molecule has 2 heterocycles. The first-order valence-corrected chi connectivity index (χ1v) is 6.59. The lowest BCUT2D eigenvalue weighted by atomic mass is 10.1. The van der Waals surface area contributed by atoms with Crippen LogP contribution in [-0.4, -0.2) is 52.7 Å². The Kier molecular flexibility index (Phi) is 4.34. The van der Waals surface area contributed by atoms with Crippen molar-refractivity contribution in [3.63, 3.8) is 0 Å². The Balaban J connectivity index is 2.08. The predicted octanol–water partition coefficient (Wildman–Crippen LogP) is 1.28. The molecule has 20 heavy (non-hydrogen) atoms. The van der Waals surface area contributed by atoms with Crippen molar-refractivity contribution in [1.82, 2.24) is 9.88 Å². The van der Waals surface area contributed by atoms with E-state index in [9.17, 15) is 9.59 Å². The average Bonchev–Trinajstić information content (AvgIpc) is 2.46. The molecular weight excluding hydrogens is 260 g/mol. The van der Waals surface area contributed by atoms with E-state index in [4.69, 9.17) is 9.84 Å². The number of aromatic nitrogens is 1. The first-order valence-electron chi connectivity index (χ1n) is 6.59. The number of hydrogen-bond acceptors (Lipinski definition) is 4. The van der Waals surface area contributed by atoms with Gasteiger partial charge in [0.1, 0.15) is 5.69 Å². The topological polar surface area (TPSA) is 79.7 Å². The van der Waals surface area contributed by atoms with Gasteiger partial charge in [0.2, 0.25) is 0 Å². The SMILES string of the molecule is CC(C)C1CN(C(=O)c2ccc(C(=O)O)nc2)CCO1. The van der Waals surface area contributed by atoms with Gasteiger partial charge in [-0.2, -0.15) is 0 Å². The molecule has 1 aromatic rings. The summed E-state index contributed by atoms with van der Waals surface area (Å²) in [6.45, 7) is 5.73. The second-order valence-corrected chi connectivity index (χ2v) is 5.14. The monoisotopic (exact) mass is 278 g/mol. The van der Waals surface area contributed by atoms with Crippen LogP contribution in [0, 0.1) is 5.92 Å². The molecule has 2 rings (SSSR count). The predicted molar refractivity (Wildman–Crippen MR) is 71.7 cm³/mol. The maximum Gasteiger partial charge on any atom is 0.354 e. The fourth-order valence-corrected chi connectivity index (χ4v) is 2.09. The van der Waals surface area contributed by atoms with E-state index in [0.717, 1.165) is 0 Å². The van der Waals surface area contributed by atoms with E-state index in [1.807, 2.05) is 0 Å². The Morgan fingerprint density at radius 1 is 1.45 bits per heavy atom. The number of carboxylic acids is 1. The van der Waals surface area contributed by atoms with Crippen LogP contribution >= 0.6 is 0 Å². The van der Waals surface area contributed by atoms with Crippen molar-refractivity contribution in [3.8, 4) is 0 Å². The Morgan fingerprint density at radius 3 is 2.75 bits per heavy atom. The van der Waals surface area contributed by atoms with Crippen molar-refractivity contribution in [1.29, 1.82) is 0 Å². The van der Waals surface area contributed by atoms with Gasteiger partial charge in [0, 0.05) is 19.3 Å². The quantitative estimate of drug-likeness (QED) is 0.900. The van der Waals surface area contributed by atoms with Crippen molar-refractivity contribution in [2.24, 2.45) is 5.92 Å². The maximum absolute atomic E-state index is 12.3. The number of carbonyl (C=O) groups is 2. The Morgan fingerprint density at radius 2 is 2.20 bits per heavy atom. The highest BCUT2D eigenvalue weighted by Crippen LogP contribution is 2.15. The fraction of sp³-hybridized carbons (Fsp3) is 0.500. The molecule has 1 fully saturated rings. The molecule has 6 heteroatoms. The number of ether oxygens (including phenoxy) is 1. The van der Waals surface area contributed by atoms with Crippen LogP contribution in [0.4, 0.5) is 0 Å². The lowest BCUT2D eigenvalue weighted by Crippen LogP contribution is -2.47. The van der Waals surface area contributed by atoms with Gasteiger partial charge in [0.25, 0.3) is 5.91 Å². The number of rotatable bonds is 3. The van der Waals surface area contributed by atoms with Crippen molar-refractivity contribution in [2.45, 2.75) is 20.0 Å². The number of amides is 1. The molecule has 1 amide bonds. The van der Waals surface area contributed by atoms with Gasteiger partial charge in [-0.3, -0.25) is 4.79 Å². The molecule has 108 valence electrons. The van der Waals surface area contributed by atoms with Gasteiger partial charge in [0.15, 0.2) is 0 Å². The maximum atomic E-state index is 12.3.